The largest absolute Gasteiger partial charge is 0.394 e. The first kappa shape index (κ1) is 34.1. The van der Waals surface area contributed by atoms with Gasteiger partial charge in [-0.3, -0.25) is 4.79 Å². The number of hydrogen-bond acceptors (Lipinski definition) is 3. The highest BCUT2D eigenvalue weighted by molar-refractivity contribution is 5.76. The van der Waals surface area contributed by atoms with Crippen LogP contribution < -0.4 is 5.32 Å². The fraction of sp³-hybridized carbons (Fsp3) is 0.903. The van der Waals surface area contributed by atoms with Gasteiger partial charge in [-0.15, -0.1) is 0 Å². The van der Waals surface area contributed by atoms with E-state index in [1.165, 1.54) is 109 Å². The molecule has 1 amide bonds. The molecule has 0 spiro atoms. The van der Waals surface area contributed by atoms with Crippen molar-refractivity contribution in [1.29, 1.82) is 0 Å². The number of aliphatic hydroxyl groups is 2. The highest BCUT2D eigenvalue weighted by atomic mass is 16.3. The molecule has 0 aliphatic heterocycles. The van der Waals surface area contributed by atoms with E-state index in [-0.39, 0.29) is 12.5 Å². The summed E-state index contributed by atoms with van der Waals surface area (Å²) in [6.07, 6.45) is 31.4. The predicted octanol–water partition coefficient (Wildman–Crippen LogP) is 8.39. The summed E-state index contributed by atoms with van der Waals surface area (Å²) in [4.78, 5) is 12.2. The van der Waals surface area contributed by atoms with Crippen LogP contribution in [0.3, 0.4) is 0 Å². The van der Waals surface area contributed by atoms with Gasteiger partial charge in [-0.2, -0.15) is 0 Å². The molecule has 0 heterocycles. The van der Waals surface area contributed by atoms with Gasteiger partial charge in [0.1, 0.15) is 0 Å². The molecule has 0 aromatic heterocycles. The van der Waals surface area contributed by atoms with Gasteiger partial charge in [-0.1, -0.05) is 129 Å². The van der Waals surface area contributed by atoms with Gasteiger partial charge >= 0.3 is 0 Å². The van der Waals surface area contributed by atoms with Crippen LogP contribution in [0.25, 0.3) is 0 Å². The van der Waals surface area contributed by atoms with Gasteiger partial charge in [0.05, 0.1) is 18.8 Å². The summed E-state index contributed by atoms with van der Waals surface area (Å²) >= 11 is 0. The monoisotopic (exact) mass is 495 g/mol. The Bertz CT molecular complexity index is 466. The highest BCUT2D eigenvalue weighted by Gasteiger charge is 2.19. The minimum absolute atomic E-state index is 0.0441. The Morgan fingerprint density at radius 1 is 0.657 bits per heavy atom. The van der Waals surface area contributed by atoms with Crippen LogP contribution in [-0.4, -0.2) is 34.9 Å². The Morgan fingerprint density at radius 3 is 1.57 bits per heavy atom. The van der Waals surface area contributed by atoms with Gasteiger partial charge in [0.25, 0.3) is 0 Å². The van der Waals surface area contributed by atoms with Crippen molar-refractivity contribution in [3.05, 3.63) is 12.2 Å². The van der Waals surface area contributed by atoms with E-state index in [1.54, 1.807) is 0 Å². The van der Waals surface area contributed by atoms with Crippen LogP contribution in [0.2, 0.25) is 0 Å². The molecular formula is C31H61NO3. The van der Waals surface area contributed by atoms with Gasteiger partial charge in [-0.25, -0.2) is 0 Å². The molecule has 35 heavy (non-hydrogen) atoms. The van der Waals surface area contributed by atoms with Crippen molar-refractivity contribution in [2.45, 2.75) is 174 Å². The van der Waals surface area contributed by atoms with Crippen molar-refractivity contribution in [2.24, 2.45) is 0 Å². The van der Waals surface area contributed by atoms with Crippen molar-refractivity contribution >= 4 is 5.91 Å². The lowest BCUT2D eigenvalue weighted by Gasteiger charge is -2.22. The Hall–Kier alpha value is -0.870. The summed E-state index contributed by atoms with van der Waals surface area (Å²) < 4.78 is 0. The Morgan fingerprint density at radius 2 is 1.09 bits per heavy atom. The van der Waals surface area contributed by atoms with Crippen molar-refractivity contribution in [2.75, 3.05) is 6.61 Å². The Labute approximate surface area is 218 Å². The fourth-order valence-electron chi connectivity index (χ4n) is 4.59. The molecule has 0 fully saturated rings. The predicted molar refractivity (Wildman–Crippen MR) is 152 cm³/mol. The molecule has 0 aromatic rings. The van der Waals surface area contributed by atoms with Crippen LogP contribution in [0.4, 0.5) is 0 Å². The van der Waals surface area contributed by atoms with E-state index in [0.29, 0.717) is 12.8 Å². The molecule has 3 N–H and O–H groups in total. The molecule has 0 aliphatic carbocycles. The maximum Gasteiger partial charge on any atom is 0.220 e. The third-order valence-corrected chi connectivity index (χ3v) is 7.03. The lowest BCUT2D eigenvalue weighted by atomic mass is 10.0. The molecular weight excluding hydrogens is 434 g/mol. The lowest BCUT2D eigenvalue weighted by molar-refractivity contribution is -0.123. The first-order chi connectivity index (χ1) is 17.2. The van der Waals surface area contributed by atoms with Gasteiger partial charge < -0.3 is 15.5 Å². The summed E-state index contributed by atoms with van der Waals surface area (Å²) in [6, 6.07) is -0.529. The average Bonchev–Trinajstić information content (AvgIpc) is 2.86. The number of allylic oxidation sites excluding steroid dienone is 2. The molecule has 208 valence electrons. The first-order valence-electron chi connectivity index (χ1n) is 15.4. The Balaban J connectivity index is 3.50. The number of amides is 1. The quantitative estimate of drug-likeness (QED) is 0.0791. The van der Waals surface area contributed by atoms with E-state index in [9.17, 15) is 15.0 Å². The van der Waals surface area contributed by atoms with Crippen LogP contribution in [0.5, 0.6) is 0 Å². The van der Waals surface area contributed by atoms with Crippen molar-refractivity contribution in [1.82, 2.24) is 5.32 Å². The first-order valence-corrected chi connectivity index (χ1v) is 15.4. The maximum absolute atomic E-state index is 12.2. The van der Waals surface area contributed by atoms with Gasteiger partial charge in [0.2, 0.25) is 5.91 Å². The minimum atomic E-state index is -0.652. The van der Waals surface area contributed by atoms with E-state index in [0.717, 1.165) is 25.7 Å². The second-order valence-electron chi connectivity index (χ2n) is 10.5. The van der Waals surface area contributed by atoms with Gasteiger partial charge in [0.15, 0.2) is 0 Å². The summed E-state index contributed by atoms with van der Waals surface area (Å²) in [5.74, 6) is -0.0441. The molecule has 4 nitrogen and oxygen atoms in total. The van der Waals surface area contributed by atoms with E-state index in [4.69, 9.17) is 0 Å². The van der Waals surface area contributed by atoms with Crippen LogP contribution in [-0.2, 0) is 4.79 Å². The van der Waals surface area contributed by atoms with E-state index < -0.39 is 12.1 Å². The van der Waals surface area contributed by atoms with Crippen LogP contribution in [0.1, 0.15) is 162 Å². The molecule has 2 atom stereocenters. The normalized spacial score (nSPS) is 13.4. The van der Waals surface area contributed by atoms with Crippen molar-refractivity contribution in [3.63, 3.8) is 0 Å². The van der Waals surface area contributed by atoms with Crippen LogP contribution in [0.15, 0.2) is 12.2 Å². The smallest absolute Gasteiger partial charge is 0.220 e. The summed E-state index contributed by atoms with van der Waals surface area (Å²) in [5.41, 5.74) is 0. The molecule has 0 saturated carbocycles. The molecule has 0 saturated heterocycles. The minimum Gasteiger partial charge on any atom is -0.394 e. The molecule has 0 aromatic carbocycles. The van der Waals surface area contributed by atoms with E-state index in [2.05, 4.69) is 31.3 Å². The second kappa shape index (κ2) is 27.7. The van der Waals surface area contributed by atoms with Gasteiger partial charge in [0, 0.05) is 6.42 Å². The fourth-order valence-corrected chi connectivity index (χ4v) is 4.59. The zero-order chi connectivity index (χ0) is 25.8. The zero-order valence-corrected chi connectivity index (χ0v) is 23.6. The van der Waals surface area contributed by atoms with Crippen molar-refractivity contribution in [3.8, 4) is 0 Å². The Kier molecular flexibility index (Phi) is 27.0. The van der Waals surface area contributed by atoms with Crippen LogP contribution in [0, 0.1) is 0 Å². The molecule has 0 aliphatic rings. The van der Waals surface area contributed by atoms with E-state index >= 15 is 0 Å². The third-order valence-electron chi connectivity index (χ3n) is 7.03. The lowest BCUT2D eigenvalue weighted by Crippen LogP contribution is -2.45. The SMILES string of the molecule is CCCCCCCCC/C=C\CCCCCCCCCC(=O)NC(CO)C(O)CCCCCCC. The second-order valence-corrected chi connectivity index (χ2v) is 10.5. The maximum atomic E-state index is 12.2. The molecule has 4 heteroatoms. The van der Waals surface area contributed by atoms with Gasteiger partial charge in [-0.05, 0) is 38.5 Å². The topological polar surface area (TPSA) is 69.6 Å². The summed E-state index contributed by atoms with van der Waals surface area (Å²) in [6.45, 7) is 4.26. The average molecular weight is 496 g/mol. The molecule has 0 radical (unpaired) electrons. The number of carbonyl (C=O) groups excluding carboxylic acids is 1. The van der Waals surface area contributed by atoms with Crippen molar-refractivity contribution < 1.29 is 15.0 Å². The molecule has 0 rings (SSSR count). The zero-order valence-electron chi connectivity index (χ0n) is 23.6. The highest BCUT2D eigenvalue weighted by Crippen LogP contribution is 2.13. The number of unbranched alkanes of at least 4 members (excludes halogenated alkanes) is 18. The van der Waals surface area contributed by atoms with Crippen LogP contribution >= 0.6 is 0 Å². The number of rotatable bonds is 27. The van der Waals surface area contributed by atoms with E-state index in [1.807, 2.05) is 0 Å². The number of hydrogen-bond donors (Lipinski definition) is 3. The molecule has 0 bridgehead atoms. The summed E-state index contributed by atoms with van der Waals surface area (Å²) in [5, 5.41) is 22.6. The third kappa shape index (κ3) is 24.6. The summed E-state index contributed by atoms with van der Waals surface area (Å²) in [7, 11) is 0. The molecule has 2 unspecified atom stereocenters. The standard InChI is InChI=1S/C31H61NO3/c1-3-5-7-9-10-11-12-13-14-15-16-17-18-19-20-21-23-25-27-31(35)32-29(28-33)30(34)26-24-22-8-6-4-2/h14-15,29-30,33-34H,3-13,16-28H2,1-2H3,(H,32,35)/b15-14-. The number of aliphatic hydroxyl groups excluding tert-OH is 2. The number of carbonyl (C=O) groups is 1. The number of nitrogens with one attached hydrogen (secondary N) is 1.